The van der Waals surface area contributed by atoms with Gasteiger partial charge in [-0.2, -0.15) is 14.9 Å². The fourth-order valence-corrected chi connectivity index (χ4v) is 4.01. The van der Waals surface area contributed by atoms with Gasteiger partial charge in [0.25, 0.3) is 5.95 Å². The molecule has 5 heterocycles. The van der Waals surface area contributed by atoms with Crippen LogP contribution in [0.5, 0.6) is 0 Å². The van der Waals surface area contributed by atoms with Gasteiger partial charge in [-0.3, -0.25) is 4.79 Å². The molecule has 37 heavy (non-hydrogen) atoms. The van der Waals surface area contributed by atoms with E-state index in [-0.39, 0.29) is 18.1 Å². The van der Waals surface area contributed by atoms with Crippen LogP contribution in [0.2, 0.25) is 0 Å². The lowest BCUT2D eigenvalue weighted by atomic mass is 10.00. The Morgan fingerprint density at radius 3 is 2.78 bits per heavy atom. The number of nitrogens with zero attached hydrogens (tertiary/aromatic N) is 12. The third-order valence-corrected chi connectivity index (χ3v) is 5.71. The molecule has 6 aromatic rings. The quantitative estimate of drug-likeness (QED) is 0.363. The van der Waals surface area contributed by atoms with E-state index in [1.165, 1.54) is 24.5 Å². The summed E-state index contributed by atoms with van der Waals surface area (Å²) in [5.74, 6) is 0.870. The highest BCUT2D eigenvalue weighted by Gasteiger charge is 2.21. The number of nitrogens with two attached hydrogens (primary N) is 1. The van der Waals surface area contributed by atoms with Crippen molar-refractivity contribution >= 4 is 11.6 Å². The van der Waals surface area contributed by atoms with E-state index >= 15 is 0 Å². The van der Waals surface area contributed by atoms with E-state index < -0.39 is 0 Å². The van der Waals surface area contributed by atoms with Crippen molar-refractivity contribution in [2.45, 2.75) is 6.54 Å². The number of nitrogen functional groups attached to an aromatic ring is 1. The molecule has 0 amide bonds. The first kappa shape index (κ1) is 21.8. The van der Waals surface area contributed by atoms with Crippen LogP contribution in [0, 0.1) is 11.3 Å². The fourth-order valence-electron chi connectivity index (χ4n) is 4.01. The molecule has 0 bridgehead atoms. The van der Waals surface area contributed by atoms with Crippen LogP contribution >= 0.6 is 0 Å². The fraction of sp³-hybridized carbons (Fsp3) is 0.0870. The Morgan fingerprint density at radius 2 is 2.00 bits per heavy atom. The van der Waals surface area contributed by atoms with Gasteiger partial charge in [-0.05, 0) is 34.7 Å². The molecule has 0 saturated carbocycles. The molecule has 0 unspecified atom stereocenters. The molecule has 180 valence electrons. The molecule has 0 saturated heterocycles. The van der Waals surface area contributed by atoms with E-state index in [4.69, 9.17) is 10.7 Å². The standard InChI is InChI=1S/C23H17N13O/c1-33-12-16(6-7-18(33)37)19-20(15-5-2-4-14(10-15)11-24)28-22(25)36-21(19)27-17(30-36)13-35-23(29-31-32-35)34-9-3-8-26-34/h2-10,12H,13H2,1H3,(H2,25,28). The van der Waals surface area contributed by atoms with Crippen molar-refractivity contribution in [3.8, 4) is 34.4 Å². The van der Waals surface area contributed by atoms with Gasteiger partial charge in [0.1, 0.15) is 6.54 Å². The van der Waals surface area contributed by atoms with E-state index in [0.717, 1.165) is 0 Å². The minimum atomic E-state index is -0.164. The van der Waals surface area contributed by atoms with Gasteiger partial charge >= 0.3 is 0 Å². The average molecular weight is 491 g/mol. The zero-order valence-corrected chi connectivity index (χ0v) is 19.3. The van der Waals surface area contributed by atoms with Crippen LogP contribution in [-0.2, 0) is 13.6 Å². The van der Waals surface area contributed by atoms with Crippen molar-refractivity contribution < 1.29 is 0 Å². The van der Waals surface area contributed by atoms with Crippen molar-refractivity contribution in [1.29, 1.82) is 5.26 Å². The number of hydrogen-bond donors (Lipinski definition) is 1. The Labute approximate surface area is 207 Å². The highest BCUT2D eigenvalue weighted by atomic mass is 16.1. The molecule has 1 aromatic carbocycles. The Kier molecular flexibility index (Phi) is 5.01. The van der Waals surface area contributed by atoms with Crippen molar-refractivity contribution in [3.05, 3.63) is 82.8 Å². The van der Waals surface area contributed by atoms with E-state index in [0.29, 0.717) is 45.4 Å². The summed E-state index contributed by atoms with van der Waals surface area (Å²) in [7, 11) is 1.66. The van der Waals surface area contributed by atoms with Gasteiger partial charge in [0, 0.05) is 42.8 Å². The summed E-state index contributed by atoms with van der Waals surface area (Å²) in [6, 6.07) is 14.1. The number of fused-ring (bicyclic) bond motifs is 1. The molecule has 6 rings (SSSR count). The number of pyridine rings is 1. The summed E-state index contributed by atoms with van der Waals surface area (Å²) >= 11 is 0. The SMILES string of the molecule is Cn1cc(-c2c(-c3cccc(C#N)c3)nc(N)n3nc(Cn4nnnc4-n4cccn4)nc23)ccc1=O. The van der Waals surface area contributed by atoms with E-state index in [2.05, 4.69) is 36.8 Å². The summed E-state index contributed by atoms with van der Waals surface area (Å²) in [5.41, 5.74) is 9.50. The molecular formula is C23H17N13O. The molecule has 0 radical (unpaired) electrons. The van der Waals surface area contributed by atoms with Gasteiger partial charge in [0.05, 0.1) is 22.9 Å². The number of rotatable bonds is 5. The molecule has 0 aliphatic carbocycles. The lowest BCUT2D eigenvalue weighted by Gasteiger charge is -2.13. The van der Waals surface area contributed by atoms with Gasteiger partial charge in [-0.1, -0.05) is 17.2 Å². The topological polar surface area (TPSA) is 176 Å². The first-order valence-corrected chi connectivity index (χ1v) is 11.0. The largest absolute Gasteiger partial charge is 0.368 e. The third-order valence-electron chi connectivity index (χ3n) is 5.71. The minimum absolute atomic E-state index is 0.101. The smallest absolute Gasteiger partial charge is 0.270 e. The summed E-state index contributed by atoms with van der Waals surface area (Å²) in [6.07, 6.45) is 5.04. The van der Waals surface area contributed by atoms with Crippen molar-refractivity contribution in [2.24, 2.45) is 7.05 Å². The molecule has 0 aliphatic heterocycles. The molecule has 0 spiro atoms. The van der Waals surface area contributed by atoms with Crippen LogP contribution in [0.25, 0.3) is 34.0 Å². The number of benzene rings is 1. The zero-order valence-electron chi connectivity index (χ0n) is 19.3. The maximum absolute atomic E-state index is 12.1. The van der Waals surface area contributed by atoms with Crippen molar-refractivity contribution in [2.75, 3.05) is 5.73 Å². The predicted octanol–water partition coefficient (Wildman–Crippen LogP) is 0.831. The van der Waals surface area contributed by atoms with Crippen LogP contribution in [-0.4, -0.2) is 54.1 Å². The van der Waals surface area contributed by atoms with Crippen LogP contribution in [0.15, 0.2) is 65.8 Å². The Bertz CT molecular complexity index is 1870. The number of tetrazole rings is 1. The highest BCUT2D eigenvalue weighted by Crippen LogP contribution is 2.34. The van der Waals surface area contributed by atoms with Gasteiger partial charge in [-0.25, -0.2) is 19.3 Å². The molecular weight excluding hydrogens is 474 g/mol. The normalized spacial score (nSPS) is 11.1. The maximum atomic E-state index is 12.1. The van der Waals surface area contributed by atoms with Gasteiger partial charge < -0.3 is 10.3 Å². The molecule has 14 nitrogen and oxygen atoms in total. The highest BCUT2D eigenvalue weighted by molar-refractivity contribution is 5.90. The van der Waals surface area contributed by atoms with E-state index in [1.807, 2.05) is 6.07 Å². The van der Waals surface area contributed by atoms with Gasteiger partial charge in [-0.15, -0.1) is 5.10 Å². The second-order valence-electron chi connectivity index (χ2n) is 8.10. The number of hydrogen-bond acceptors (Lipinski definition) is 10. The third kappa shape index (κ3) is 3.76. The number of anilines is 1. The minimum Gasteiger partial charge on any atom is -0.368 e. The molecule has 14 heteroatoms. The first-order valence-electron chi connectivity index (χ1n) is 11.0. The summed E-state index contributed by atoms with van der Waals surface area (Å²) < 4.78 is 5.94. The zero-order chi connectivity index (χ0) is 25.5. The molecule has 0 fully saturated rings. The van der Waals surface area contributed by atoms with Crippen LogP contribution in [0.3, 0.4) is 0 Å². The Hall–Kier alpha value is -5.71. The number of aryl methyl sites for hydroxylation is 1. The van der Waals surface area contributed by atoms with E-state index in [9.17, 15) is 10.1 Å². The average Bonchev–Trinajstić information content (AvgIpc) is 3.67. The lowest BCUT2D eigenvalue weighted by Crippen LogP contribution is -2.14. The second kappa shape index (κ2) is 8.50. The van der Waals surface area contributed by atoms with Crippen molar-refractivity contribution in [1.82, 2.24) is 54.1 Å². The van der Waals surface area contributed by atoms with Crippen LogP contribution in [0.4, 0.5) is 5.95 Å². The second-order valence-corrected chi connectivity index (χ2v) is 8.10. The summed E-state index contributed by atoms with van der Waals surface area (Å²) in [4.78, 5) is 21.5. The first-order chi connectivity index (χ1) is 18.0. The number of nitriles is 1. The Morgan fingerprint density at radius 1 is 1.11 bits per heavy atom. The van der Waals surface area contributed by atoms with Gasteiger partial charge in [0.15, 0.2) is 11.5 Å². The summed E-state index contributed by atoms with van der Waals surface area (Å²) in [6.45, 7) is 0.134. The molecule has 5 aromatic heterocycles. The monoisotopic (exact) mass is 491 g/mol. The lowest BCUT2D eigenvalue weighted by molar-refractivity contribution is 0.598. The molecule has 0 aliphatic rings. The van der Waals surface area contributed by atoms with E-state index in [1.54, 1.807) is 56.0 Å². The van der Waals surface area contributed by atoms with Crippen molar-refractivity contribution in [3.63, 3.8) is 0 Å². The maximum Gasteiger partial charge on any atom is 0.270 e. The van der Waals surface area contributed by atoms with Gasteiger partial charge in [0.2, 0.25) is 11.5 Å². The Balaban J connectivity index is 1.56. The predicted molar refractivity (Wildman–Crippen MR) is 130 cm³/mol. The number of aromatic nitrogens is 11. The molecule has 2 N–H and O–H groups in total. The van der Waals surface area contributed by atoms with Crippen LogP contribution < -0.4 is 11.3 Å². The summed E-state index contributed by atoms with van der Waals surface area (Å²) in [5, 5.41) is 30.0. The van der Waals surface area contributed by atoms with Crippen LogP contribution in [0.1, 0.15) is 11.4 Å². The molecule has 0 atom stereocenters.